The van der Waals surface area contributed by atoms with Crippen LogP contribution in [-0.2, 0) is 6.55 Å². The SMILES string of the molecule is C[si]1ccccc1Cl. The third-order valence-electron chi connectivity index (χ3n) is 1.08. The maximum atomic E-state index is 5.79. The van der Waals surface area contributed by atoms with Gasteiger partial charge >= 0.3 is 0 Å². The molecule has 8 heavy (non-hydrogen) atoms. The third kappa shape index (κ3) is 1.17. The summed E-state index contributed by atoms with van der Waals surface area (Å²) in [4.78, 5) is 0. The lowest BCUT2D eigenvalue weighted by molar-refractivity contribution is 1.80. The van der Waals surface area contributed by atoms with Crippen molar-refractivity contribution in [1.82, 2.24) is 0 Å². The molecule has 1 heterocycles. The van der Waals surface area contributed by atoms with E-state index in [9.17, 15) is 0 Å². The van der Waals surface area contributed by atoms with Crippen molar-refractivity contribution in [3.63, 3.8) is 0 Å². The van der Waals surface area contributed by atoms with Crippen LogP contribution in [-0.4, -0.2) is 8.40 Å². The number of hydrogen-bond donors (Lipinski definition) is 0. The Labute approximate surface area is 55.6 Å². The van der Waals surface area contributed by atoms with Crippen molar-refractivity contribution in [3.8, 4) is 0 Å². The largest absolute Gasteiger partial charge is 0.0900 e. The van der Waals surface area contributed by atoms with Crippen LogP contribution in [0.5, 0.6) is 0 Å². The summed E-state index contributed by atoms with van der Waals surface area (Å²) in [7, 11) is -0.456. The first-order valence-electron chi connectivity index (χ1n) is 2.52. The lowest BCUT2D eigenvalue weighted by atomic mass is 10.6. The van der Waals surface area contributed by atoms with Gasteiger partial charge in [0.05, 0.1) is 8.40 Å². The standard InChI is InChI=1S/C6H7ClSi/c1-8-5-3-2-4-6(8)7/h2-5H,1H3. The van der Waals surface area contributed by atoms with Gasteiger partial charge in [0.1, 0.15) is 0 Å². The molecule has 0 spiro atoms. The zero-order valence-electron chi connectivity index (χ0n) is 4.69. The fourth-order valence-corrected chi connectivity index (χ4v) is 1.73. The van der Waals surface area contributed by atoms with Gasteiger partial charge in [-0.15, -0.1) is 0 Å². The summed E-state index contributed by atoms with van der Waals surface area (Å²) in [6.07, 6.45) is 0. The van der Waals surface area contributed by atoms with Gasteiger partial charge in [0, 0.05) is 4.63 Å². The minimum absolute atomic E-state index is 0.456. The zero-order chi connectivity index (χ0) is 5.98. The molecule has 0 amide bonds. The van der Waals surface area contributed by atoms with Crippen molar-refractivity contribution in [2.45, 2.75) is 0 Å². The monoisotopic (exact) mass is 142 g/mol. The quantitative estimate of drug-likeness (QED) is 0.486. The average Bonchev–Trinajstić information content (AvgIpc) is 1.77. The molecule has 0 aromatic carbocycles. The van der Waals surface area contributed by atoms with E-state index in [1.165, 1.54) is 0 Å². The topological polar surface area (TPSA) is 0 Å². The zero-order valence-corrected chi connectivity index (χ0v) is 6.44. The van der Waals surface area contributed by atoms with Gasteiger partial charge in [-0.05, 0) is 6.07 Å². The molecule has 0 aliphatic heterocycles. The fraction of sp³-hybridized carbons (Fsp3) is 0.167. The van der Waals surface area contributed by atoms with Crippen LogP contribution in [0, 0.1) is 0 Å². The Bertz CT molecular complexity index is 165. The lowest BCUT2D eigenvalue weighted by Gasteiger charge is -1.89. The summed E-state index contributed by atoms with van der Waals surface area (Å²) >= 11 is 5.79. The predicted molar refractivity (Wildman–Crippen MR) is 38.4 cm³/mol. The van der Waals surface area contributed by atoms with Gasteiger partial charge in [-0.3, -0.25) is 0 Å². The molecule has 0 aliphatic rings. The molecule has 1 aromatic heterocycles. The van der Waals surface area contributed by atoms with E-state index < -0.39 is 8.40 Å². The molecule has 0 nitrogen and oxygen atoms in total. The highest BCUT2D eigenvalue weighted by atomic mass is 35.5. The van der Waals surface area contributed by atoms with Crippen LogP contribution in [0.1, 0.15) is 0 Å². The van der Waals surface area contributed by atoms with E-state index in [1.807, 2.05) is 12.1 Å². The molecule has 0 bridgehead atoms. The van der Waals surface area contributed by atoms with E-state index >= 15 is 0 Å². The Kier molecular flexibility index (Phi) is 1.81. The van der Waals surface area contributed by atoms with Gasteiger partial charge < -0.3 is 0 Å². The Morgan fingerprint density at radius 2 is 2.25 bits per heavy atom. The molecule has 0 unspecified atom stereocenters. The van der Waals surface area contributed by atoms with Crippen LogP contribution < -0.4 is 0 Å². The van der Waals surface area contributed by atoms with Crippen molar-refractivity contribution >= 4 is 20.0 Å². The van der Waals surface area contributed by atoms with E-state index in [2.05, 4.69) is 18.3 Å². The maximum Gasteiger partial charge on any atom is 0.0575 e. The normalized spacial score (nSPS) is 9.25. The van der Waals surface area contributed by atoms with Crippen molar-refractivity contribution in [2.24, 2.45) is 6.55 Å². The van der Waals surface area contributed by atoms with Gasteiger partial charge in [-0.1, -0.05) is 36.0 Å². The Morgan fingerprint density at radius 1 is 1.50 bits per heavy atom. The molecular weight excluding hydrogens is 136 g/mol. The number of rotatable bonds is 0. The van der Waals surface area contributed by atoms with Gasteiger partial charge in [0.15, 0.2) is 0 Å². The Balaban J connectivity index is 3.13. The van der Waals surface area contributed by atoms with Gasteiger partial charge in [-0.25, -0.2) is 0 Å². The first kappa shape index (κ1) is 5.98. The second kappa shape index (κ2) is 2.42. The first-order valence-corrected chi connectivity index (χ1v) is 4.97. The summed E-state index contributed by atoms with van der Waals surface area (Å²) in [5.74, 6) is 0. The van der Waals surface area contributed by atoms with Gasteiger partial charge in [0.2, 0.25) is 0 Å². The Hall–Kier alpha value is -0.143. The highest BCUT2D eigenvalue weighted by molar-refractivity contribution is 6.64. The molecule has 0 saturated carbocycles. The van der Waals surface area contributed by atoms with Crippen molar-refractivity contribution in [1.29, 1.82) is 0 Å². The molecule has 0 N–H and O–H groups in total. The van der Waals surface area contributed by atoms with Crippen LogP contribution in [0.3, 0.4) is 0 Å². The summed E-state index contributed by atoms with van der Waals surface area (Å²) in [6.45, 7) is 2.17. The lowest BCUT2D eigenvalue weighted by Crippen LogP contribution is -1.89. The molecule has 0 saturated heterocycles. The van der Waals surface area contributed by atoms with Crippen molar-refractivity contribution < 1.29 is 0 Å². The minimum atomic E-state index is -0.456. The van der Waals surface area contributed by atoms with Crippen LogP contribution >= 0.6 is 11.6 Å². The molecule has 1 rings (SSSR count). The number of halogens is 1. The maximum absolute atomic E-state index is 5.79. The highest BCUT2D eigenvalue weighted by Gasteiger charge is 1.87. The molecule has 0 fully saturated rings. The Morgan fingerprint density at radius 3 is 2.62 bits per heavy atom. The van der Waals surface area contributed by atoms with Gasteiger partial charge in [0.25, 0.3) is 0 Å². The van der Waals surface area contributed by atoms with Crippen LogP contribution in [0.4, 0.5) is 0 Å². The van der Waals surface area contributed by atoms with E-state index in [0.717, 1.165) is 4.63 Å². The van der Waals surface area contributed by atoms with E-state index in [-0.39, 0.29) is 0 Å². The molecule has 2 heteroatoms. The molecule has 0 aliphatic carbocycles. The fourth-order valence-electron chi connectivity index (χ4n) is 0.551. The van der Waals surface area contributed by atoms with Crippen molar-refractivity contribution in [2.75, 3.05) is 0 Å². The summed E-state index contributed by atoms with van der Waals surface area (Å²) < 4.78 is 1.03. The second-order valence-corrected chi connectivity index (χ2v) is 4.71. The average molecular weight is 143 g/mol. The van der Waals surface area contributed by atoms with E-state index in [4.69, 9.17) is 11.6 Å². The third-order valence-corrected chi connectivity index (χ3v) is 3.71. The second-order valence-electron chi connectivity index (χ2n) is 1.75. The predicted octanol–water partition coefficient (Wildman–Crippen LogP) is 1.90. The van der Waals surface area contributed by atoms with E-state index in [1.54, 1.807) is 0 Å². The molecular formula is C6H7ClSi. The minimum Gasteiger partial charge on any atom is -0.0900 e. The van der Waals surface area contributed by atoms with Crippen LogP contribution in [0.25, 0.3) is 0 Å². The van der Waals surface area contributed by atoms with Crippen molar-refractivity contribution in [3.05, 3.63) is 28.5 Å². The molecule has 0 radical (unpaired) electrons. The number of aryl methyl sites for hydroxylation is 1. The summed E-state index contributed by atoms with van der Waals surface area (Å²) in [5, 5.41) is 0. The molecule has 42 valence electrons. The smallest absolute Gasteiger partial charge is 0.0575 e. The molecule has 0 atom stereocenters. The molecule has 1 aromatic rings. The van der Waals surface area contributed by atoms with Gasteiger partial charge in [-0.2, -0.15) is 0 Å². The highest BCUT2D eigenvalue weighted by Crippen LogP contribution is 2.02. The first-order chi connectivity index (χ1) is 3.80. The number of hydrogen-bond acceptors (Lipinski definition) is 0. The summed E-state index contributed by atoms with van der Waals surface area (Å²) in [5.41, 5.74) is 2.17. The van der Waals surface area contributed by atoms with E-state index in [0.29, 0.717) is 0 Å². The summed E-state index contributed by atoms with van der Waals surface area (Å²) in [6, 6.07) is 6.00. The van der Waals surface area contributed by atoms with Crippen LogP contribution in [0.2, 0.25) is 4.63 Å². The van der Waals surface area contributed by atoms with Crippen LogP contribution in [0.15, 0.2) is 23.9 Å².